The third-order valence-corrected chi connectivity index (χ3v) is 3.33. The Balaban J connectivity index is 2.16. The van der Waals surface area contributed by atoms with Gasteiger partial charge in [-0.3, -0.25) is 4.79 Å². The largest absolute Gasteiger partial charge is 0.491 e. The maximum Gasteiger partial charge on any atom is 0.308 e. The number of hydrogen-bond donors (Lipinski definition) is 1. The van der Waals surface area contributed by atoms with Crippen LogP contribution < -0.4 is 10.5 Å². The van der Waals surface area contributed by atoms with Crippen LogP contribution >= 0.6 is 0 Å². The number of methoxy groups -OCH3 is 1. The fourth-order valence-electron chi connectivity index (χ4n) is 2.17. The van der Waals surface area contributed by atoms with Crippen LogP contribution in [0.25, 0.3) is 0 Å². The molecule has 1 aliphatic rings. The Morgan fingerprint density at radius 2 is 2.35 bits per heavy atom. The van der Waals surface area contributed by atoms with Crippen LogP contribution in [0.15, 0.2) is 18.2 Å². The van der Waals surface area contributed by atoms with E-state index >= 15 is 0 Å². The van der Waals surface area contributed by atoms with Gasteiger partial charge >= 0.3 is 5.97 Å². The van der Waals surface area contributed by atoms with E-state index in [0.29, 0.717) is 12.3 Å². The monoisotopic (exact) mass is 235 g/mol. The second-order valence-electron chi connectivity index (χ2n) is 4.42. The van der Waals surface area contributed by atoms with Gasteiger partial charge in [-0.05, 0) is 18.1 Å². The van der Waals surface area contributed by atoms with Crippen LogP contribution in [0.2, 0.25) is 0 Å². The summed E-state index contributed by atoms with van der Waals surface area (Å²) in [4.78, 5) is 11.5. The zero-order valence-corrected chi connectivity index (χ0v) is 10.1. The molecule has 0 radical (unpaired) electrons. The fraction of sp³-hybridized carbons (Fsp3) is 0.462. The molecule has 1 heterocycles. The van der Waals surface area contributed by atoms with Gasteiger partial charge in [-0.15, -0.1) is 0 Å². The van der Waals surface area contributed by atoms with Gasteiger partial charge in [0.1, 0.15) is 5.75 Å². The maximum atomic E-state index is 11.5. The molecule has 0 spiro atoms. The molecule has 2 unspecified atom stereocenters. The number of ether oxygens (including phenoxy) is 2. The minimum absolute atomic E-state index is 0.150. The van der Waals surface area contributed by atoms with Gasteiger partial charge in [0.25, 0.3) is 0 Å². The van der Waals surface area contributed by atoms with Crippen molar-refractivity contribution in [3.63, 3.8) is 0 Å². The van der Waals surface area contributed by atoms with E-state index in [0.717, 1.165) is 17.7 Å². The Bertz CT molecular complexity index is 431. The summed E-state index contributed by atoms with van der Waals surface area (Å²) in [5, 5.41) is 0. The molecule has 1 aromatic rings. The quantitative estimate of drug-likeness (QED) is 0.625. The second-order valence-corrected chi connectivity index (χ2v) is 4.42. The summed E-state index contributed by atoms with van der Waals surface area (Å²) in [6.45, 7) is 2.38. The summed E-state index contributed by atoms with van der Waals surface area (Å²) < 4.78 is 10.4. The number of benzene rings is 1. The van der Waals surface area contributed by atoms with Crippen molar-refractivity contribution >= 4 is 11.7 Å². The molecule has 0 saturated carbocycles. The van der Waals surface area contributed by atoms with E-state index in [1.807, 2.05) is 25.1 Å². The van der Waals surface area contributed by atoms with Gasteiger partial charge in [-0.2, -0.15) is 0 Å². The first-order valence-corrected chi connectivity index (χ1v) is 5.71. The average Bonchev–Trinajstić information content (AvgIpc) is 2.37. The molecule has 4 nitrogen and oxygen atoms in total. The first kappa shape index (κ1) is 11.8. The van der Waals surface area contributed by atoms with Crippen molar-refractivity contribution in [3.05, 3.63) is 23.8 Å². The van der Waals surface area contributed by atoms with E-state index in [4.69, 9.17) is 15.2 Å². The lowest BCUT2D eigenvalue weighted by Gasteiger charge is -2.29. The average molecular weight is 235 g/mol. The zero-order chi connectivity index (χ0) is 12.4. The first-order valence-electron chi connectivity index (χ1n) is 5.71. The topological polar surface area (TPSA) is 61.5 Å². The van der Waals surface area contributed by atoms with E-state index in [9.17, 15) is 4.79 Å². The number of nitrogens with two attached hydrogens (primary N) is 1. The number of carbonyl (C=O) groups excluding carboxylic acids is 1. The van der Waals surface area contributed by atoms with Crippen LogP contribution in [0.3, 0.4) is 0 Å². The molecule has 0 bridgehead atoms. The molecule has 1 aliphatic heterocycles. The van der Waals surface area contributed by atoms with Crippen LogP contribution in [0.4, 0.5) is 5.69 Å². The van der Waals surface area contributed by atoms with Gasteiger partial charge in [0.05, 0.1) is 25.3 Å². The summed E-state index contributed by atoms with van der Waals surface area (Å²) in [6.07, 6.45) is 0.802. The summed E-state index contributed by atoms with van der Waals surface area (Å²) in [5.74, 6) is 0.568. The summed E-state index contributed by atoms with van der Waals surface area (Å²) >= 11 is 0. The lowest BCUT2D eigenvalue weighted by molar-refractivity contribution is -0.147. The molecular formula is C13H17NO3. The maximum absolute atomic E-state index is 11.5. The highest BCUT2D eigenvalue weighted by Gasteiger charge is 2.30. The predicted octanol–water partition coefficient (Wildman–Crippen LogP) is 1.63. The Morgan fingerprint density at radius 3 is 3.06 bits per heavy atom. The summed E-state index contributed by atoms with van der Waals surface area (Å²) in [5.41, 5.74) is 7.56. The van der Waals surface area contributed by atoms with Crippen molar-refractivity contribution in [2.45, 2.75) is 13.3 Å². The van der Waals surface area contributed by atoms with Gasteiger partial charge in [-0.1, -0.05) is 19.1 Å². The highest BCUT2D eigenvalue weighted by Crippen LogP contribution is 2.34. The molecule has 0 amide bonds. The molecule has 92 valence electrons. The van der Waals surface area contributed by atoms with Crippen molar-refractivity contribution in [1.82, 2.24) is 0 Å². The number of rotatable bonds is 2. The Labute approximate surface area is 101 Å². The fourth-order valence-corrected chi connectivity index (χ4v) is 2.17. The molecule has 0 aromatic heterocycles. The molecular weight excluding hydrogens is 218 g/mol. The molecule has 1 aromatic carbocycles. The van der Waals surface area contributed by atoms with E-state index < -0.39 is 0 Å². The number of para-hydroxylation sites is 1. The minimum Gasteiger partial charge on any atom is -0.491 e. The van der Waals surface area contributed by atoms with E-state index in [-0.39, 0.29) is 17.8 Å². The molecule has 0 fully saturated rings. The number of esters is 1. The SMILES string of the molecule is COC(=O)C(C)C1COc2c(N)cccc2C1. The lowest BCUT2D eigenvalue weighted by Crippen LogP contribution is -2.31. The van der Waals surface area contributed by atoms with E-state index in [2.05, 4.69) is 0 Å². The standard InChI is InChI=1S/C13H17NO3/c1-8(13(15)16-2)10-6-9-4-3-5-11(14)12(9)17-7-10/h3-5,8,10H,6-7,14H2,1-2H3. The molecule has 2 N–H and O–H groups in total. The smallest absolute Gasteiger partial charge is 0.308 e. The Kier molecular flexibility index (Phi) is 3.22. The molecule has 2 rings (SSSR count). The van der Waals surface area contributed by atoms with Crippen molar-refractivity contribution in [3.8, 4) is 5.75 Å². The number of anilines is 1. The predicted molar refractivity (Wildman–Crippen MR) is 64.7 cm³/mol. The third kappa shape index (κ3) is 2.20. The molecule has 2 atom stereocenters. The highest BCUT2D eigenvalue weighted by molar-refractivity contribution is 5.72. The van der Waals surface area contributed by atoms with Gasteiger partial charge < -0.3 is 15.2 Å². The van der Waals surface area contributed by atoms with Crippen LogP contribution in [0.5, 0.6) is 5.75 Å². The number of carbonyl (C=O) groups is 1. The summed E-state index contributed by atoms with van der Waals surface area (Å²) in [6, 6.07) is 5.72. The zero-order valence-electron chi connectivity index (χ0n) is 10.1. The molecule has 0 saturated heterocycles. The molecule has 4 heteroatoms. The van der Waals surface area contributed by atoms with Crippen LogP contribution in [-0.2, 0) is 16.0 Å². The van der Waals surface area contributed by atoms with Gasteiger partial charge in [-0.25, -0.2) is 0 Å². The van der Waals surface area contributed by atoms with Gasteiger partial charge in [0.2, 0.25) is 0 Å². The second kappa shape index (κ2) is 4.65. The lowest BCUT2D eigenvalue weighted by atomic mass is 9.86. The molecule has 17 heavy (non-hydrogen) atoms. The summed E-state index contributed by atoms with van der Waals surface area (Å²) in [7, 11) is 1.41. The Morgan fingerprint density at radius 1 is 1.59 bits per heavy atom. The van der Waals surface area contributed by atoms with Crippen molar-refractivity contribution < 1.29 is 14.3 Å². The van der Waals surface area contributed by atoms with Crippen LogP contribution in [0, 0.1) is 11.8 Å². The third-order valence-electron chi connectivity index (χ3n) is 3.33. The van der Waals surface area contributed by atoms with Gasteiger partial charge in [0.15, 0.2) is 0 Å². The number of nitrogen functional groups attached to an aromatic ring is 1. The first-order chi connectivity index (χ1) is 8.13. The van der Waals surface area contributed by atoms with Gasteiger partial charge in [0, 0.05) is 5.92 Å². The van der Waals surface area contributed by atoms with Crippen molar-refractivity contribution in [1.29, 1.82) is 0 Å². The normalized spacial score (nSPS) is 20.0. The minimum atomic E-state index is -0.189. The van der Waals surface area contributed by atoms with Crippen molar-refractivity contribution in [2.75, 3.05) is 19.5 Å². The molecule has 0 aliphatic carbocycles. The van der Waals surface area contributed by atoms with Crippen LogP contribution in [0.1, 0.15) is 12.5 Å². The van der Waals surface area contributed by atoms with E-state index in [1.54, 1.807) is 0 Å². The number of fused-ring (bicyclic) bond motifs is 1. The number of hydrogen-bond acceptors (Lipinski definition) is 4. The Hall–Kier alpha value is -1.71. The van der Waals surface area contributed by atoms with Crippen LogP contribution in [-0.4, -0.2) is 19.7 Å². The highest BCUT2D eigenvalue weighted by atomic mass is 16.5. The van der Waals surface area contributed by atoms with E-state index in [1.165, 1.54) is 7.11 Å². The van der Waals surface area contributed by atoms with Crippen molar-refractivity contribution in [2.24, 2.45) is 11.8 Å².